The first-order chi connectivity index (χ1) is 7.79. The van der Waals surface area contributed by atoms with Crippen molar-refractivity contribution in [1.29, 1.82) is 0 Å². The van der Waals surface area contributed by atoms with Crippen molar-refractivity contribution >= 4 is 5.95 Å². The molecule has 0 unspecified atom stereocenters. The van der Waals surface area contributed by atoms with Gasteiger partial charge in [0.15, 0.2) is 0 Å². The molecular formula is C12H18N4. The number of nitrogen functional groups attached to an aromatic ring is 1. The minimum Gasteiger partial charge on any atom is -0.367 e. The van der Waals surface area contributed by atoms with Gasteiger partial charge >= 0.3 is 0 Å². The zero-order valence-electron chi connectivity index (χ0n) is 9.39. The Morgan fingerprint density at radius 1 is 1.00 bits per heavy atom. The third kappa shape index (κ3) is 1.16. The molecule has 1 aromatic heterocycles. The number of nitrogens with two attached hydrogens (primary N) is 1. The highest BCUT2D eigenvalue weighted by atomic mass is 15.3. The third-order valence-electron chi connectivity index (χ3n) is 5.06. The summed E-state index contributed by atoms with van der Waals surface area (Å²) in [7, 11) is 0. The van der Waals surface area contributed by atoms with Crippen molar-refractivity contribution in [2.24, 2.45) is 23.7 Å². The van der Waals surface area contributed by atoms with Gasteiger partial charge in [-0.15, -0.1) is 5.10 Å². The molecule has 3 N–H and O–H groups in total. The number of hydrogen-bond acceptors (Lipinski definition) is 3. The van der Waals surface area contributed by atoms with Crippen molar-refractivity contribution in [1.82, 2.24) is 15.2 Å². The highest BCUT2D eigenvalue weighted by Crippen LogP contribution is 2.59. The number of hydrogen-bond donors (Lipinski definition) is 2. The third-order valence-corrected chi connectivity index (χ3v) is 5.06. The number of H-pyrrole nitrogens is 1. The van der Waals surface area contributed by atoms with Gasteiger partial charge in [-0.1, -0.05) is 0 Å². The maximum atomic E-state index is 5.62. The molecule has 4 fully saturated rings. The SMILES string of the molecule is Nc1n[nH]c(C2C3CC4CC(C3)CC2C4)n1. The summed E-state index contributed by atoms with van der Waals surface area (Å²) in [5, 5.41) is 7.04. The van der Waals surface area contributed by atoms with Crippen LogP contribution in [-0.4, -0.2) is 15.2 Å². The molecule has 5 rings (SSSR count). The first-order valence-corrected chi connectivity index (χ1v) is 6.47. The fourth-order valence-corrected chi connectivity index (χ4v) is 4.81. The lowest BCUT2D eigenvalue weighted by molar-refractivity contribution is -0.00551. The van der Waals surface area contributed by atoms with Crippen molar-refractivity contribution in [3.63, 3.8) is 0 Å². The van der Waals surface area contributed by atoms with Crippen LogP contribution in [-0.2, 0) is 0 Å². The molecule has 0 spiro atoms. The topological polar surface area (TPSA) is 67.6 Å². The Labute approximate surface area is 95.0 Å². The minimum atomic E-state index is 0.406. The van der Waals surface area contributed by atoms with Crippen LogP contribution in [0, 0.1) is 23.7 Å². The maximum Gasteiger partial charge on any atom is 0.239 e. The Balaban J connectivity index is 1.69. The van der Waals surface area contributed by atoms with E-state index < -0.39 is 0 Å². The van der Waals surface area contributed by atoms with Crippen molar-refractivity contribution in [3.05, 3.63) is 5.82 Å². The number of aromatic amines is 1. The van der Waals surface area contributed by atoms with Crippen LogP contribution in [0.5, 0.6) is 0 Å². The zero-order chi connectivity index (χ0) is 10.7. The van der Waals surface area contributed by atoms with Crippen LogP contribution in [0.2, 0.25) is 0 Å². The van der Waals surface area contributed by atoms with E-state index in [1.165, 1.54) is 32.1 Å². The van der Waals surface area contributed by atoms with Crippen molar-refractivity contribution in [3.8, 4) is 0 Å². The van der Waals surface area contributed by atoms with E-state index in [0.717, 1.165) is 29.5 Å². The van der Waals surface area contributed by atoms with Crippen LogP contribution in [0.4, 0.5) is 5.95 Å². The van der Waals surface area contributed by atoms with Gasteiger partial charge in [0.05, 0.1) is 0 Å². The van der Waals surface area contributed by atoms with E-state index in [0.29, 0.717) is 11.9 Å². The van der Waals surface area contributed by atoms with E-state index in [4.69, 9.17) is 5.73 Å². The Morgan fingerprint density at radius 3 is 2.12 bits per heavy atom. The summed E-state index contributed by atoms with van der Waals surface area (Å²) in [6.07, 6.45) is 7.16. The van der Waals surface area contributed by atoms with Gasteiger partial charge in [0.25, 0.3) is 0 Å². The Bertz CT molecular complexity index is 383. The monoisotopic (exact) mass is 218 g/mol. The average molecular weight is 218 g/mol. The van der Waals surface area contributed by atoms with Crippen LogP contribution in [0.25, 0.3) is 0 Å². The molecule has 4 saturated carbocycles. The molecule has 0 atom stereocenters. The summed E-state index contributed by atoms with van der Waals surface area (Å²) in [5.41, 5.74) is 5.62. The molecule has 0 saturated heterocycles. The Hall–Kier alpha value is -1.06. The van der Waals surface area contributed by atoms with Crippen molar-refractivity contribution in [2.45, 2.75) is 38.0 Å². The second-order valence-corrected chi connectivity index (χ2v) is 6.04. The lowest BCUT2D eigenvalue weighted by Crippen LogP contribution is -2.44. The van der Waals surface area contributed by atoms with E-state index in [2.05, 4.69) is 15.2 Å². The van der Waals surface area contributed by atoms with Gasteiger partial charge in [-0.05, 0) is 55.8 Å². The standard InChI is InChI=1S/C12H18N4/c13-12-14-11(15-16-12)10-8-2-6-1-7(4-8)5-9(10)3-6/h6-10H,1-5H2,(H3,13,14,15,16). The van der Waals surface area contributed by atoms with Gasteiger partial charge in [0.2, 0.25) is 5.95 Å². The van der Waals surface area contributed by atoms with Crippen LogP contribution in [0.15, 0.2) is 0 Å². The van der Waals surface area contributed by atoms with Gasteiger partial charge in [0, 0.05) is 5.92 Å². The first-order valence-electron chi connectivity index (χ1n) is 6.47. The molecule has 86 valence electrons. The van der Waals surface area contributed by atoms with Crippen molar-refractivity contribution in [2.75, 3.05) is 5.73 Å². The summed E-state index contributed by atoms with van der Waals surface area (Å²) in [6, 6.07) is 0. The molecule has 4 nitrogen and oxygen atoms in total. The van der Waals surface area contributed by atoms with Crippen LogP contribution in [0.3, 0.4) is 0 Å². The predicted octanol–water partition coefficient (Wildman–Crippen LogP) is 1.93. The summed E-state index contributed by atoms with van der Waals surface area (Å²) in [5.74, 6) is 5.82. The van der Waals surface area contributed by atoms with E-state index in [-0.39, 0.29) is 0 Å². The van der Waals surface area contributed by atoms with Gasteiger partial charge in [-0.2, -0.15) is 4.98 Å². The molecule has 1 heterocycles. The fourth-order valence-electron chi connectivity index (χ4n) is 4.81. The molecule has 4 aliphatic rings. The van der Waals surface area contributed by atoms with Crippen LogP contribution < -0.4 is 5.73 Å². The molecule has 0 aliphatic heterocycles. The molecule has 4 aliphatic carbocycles. The Morgan fingerprint density at radius 2 is 1.62 bits per heavy atom. The fraction of sp³-hybridized carbons (Fsp3) is 0.833. The largest absolute Gasteiger partial charge is 0.367 e. The Kier molecular flexibility index (Phi) is 1.69. The number of anilines is 1. The molecule has 16 heavy (non-hydrogen) atoms. The first kappa shape index (κ1) is 9.02. The number of rotatable bonds is 1. The van der Waals surface area contributed by atoms with Crippen LogP contribution >= 0.6 is 0 Å². The highest BCUT2D eigenvalue weighted by Gasteiger charge is 2.49. The van der Waals surface area contributed by atoms with E-state index in [1.54, 1.807) is 0 Å². The summed E-state index contributed by atoms with van der Waals surface area (Å²) >= 11 is 0. The maximum absolute atomic E-state index is 5.62. The summed E-state index contributed by atoms with van der Waals surface area (Å²) in [4.78, 5) is 4.37. The second-order valence-electron chi connectivity index (χ2n) is 6.04. The number of aromatic nitrogens is 3. The van der Waals surface area contributed by atoms with Crippen molar-refractivity contribution < 1.29 is 0 Å². The van der Waals surface area contributed by atoms with E-state index in [1.807, 2.05) is 0 Å². The minimum absolute atomic E-state index is 0.406. The quantitative estimate of drug-likeness (QED) is 0.756. The molecule has 0 aromatic carbocycles. The molecule has 0 amide bonds. The van der Waals surface area contributed by atoms with E-state index in [9.17, 15) is 0 Å². The molecular weight excluding hydrogens is 200 g/mol. The molecule has 0 radical (unpaired) electrons. The van der Waals surface area contributed by atoms with Gasteiger partial charge < -0.3 is 5.73 Å². The average Bonchev–Trinajstić information content (AvgIpc) is 2.63. The second kappa shape index (κ2) is 2.99. The lowest BCUT2D eigenvalue weighted by atomic mass is 9.52. The highest BCUT2D eigenvalue weighted by molar-refractivity contribution is 5.18. The van der Waals surface area contributed by atoms with Crippen LogP contribution in [0.1, 0.15) is 43.8 Å². The molecule has 1 aromatic rings. The van der Waals surface area contributed by atoms with Gasteiger partial charge in [-0.25, -0.2) is 0 Å². The zero-order valence-corrected chi connectivity index (χ0v) is 9.39. The molecule has 4 heteroatoms. The normalized spacial score (nSPS) is 45.1. The molecule has 4 bridgehead atoms. The number of nitrogens with zero attached hydrogens (tertiary/aromatic N) is 2. The smallest absolute Gasteiger partial charge is 0.239 e. The number of nitrogens with one attached hydrogen (secondary N) is 1. The van der Waals surface area contributed by atoms with Gasteiger partial charge in [0.1, 0.15) is 5.82 Å². The summed E-state index contributed by atoms with van der Waals surface area (Å²) < 4.78 is 0. The predicted molar refractivity (Wildman–Crippen MR) is 60.6 cm³/mol. The van der Waals surface area contributed by atoms with E-state index >= 15 is 0 Å². The summed E-state index contributed by atoms with van der Waals surface area (Å²) in [6.45, 7) is 0. The van der Waals surface area contributed by atoms with Gasteiger partial charge in [-0.3, -0.25) is 5.10 Å². The lowest BCUT2D eigenvalue weighted by Gasteiger charge is -2.53.